The van der Waals surface area contributed by atoms with Gasteiger partial charge in [0.2, 0.25) is 0 Å². The summed E-state index contributed by atoms with van der Waals surface area (Å²) in [5, 5.41) is 31.5. The minimum Gasteiger partial charge on any atom is -0.479 e. The van der Waals surface area contributed by atoms with Crippen molar-refractivity contribution >= 4 is 23.9 Å². The van der Waals surface area contributed by atoms with Crippen LogP contribution in [0.3, 0.4) is 0 Å². The zero-order valence-corrected chi connectivity index (χ0v) is 49.7. The molecular weight excluding hydrogens is 1020 g/mol. The summed E-state index contributed by atoms with van der Waals surface area (Å²) in [6.45, 7) is 5.54. The molecule has 0 aromatic rings. The lowest BCUT2D eigenvalue weighted by atomic mass is 9.98. The third-order valence-corrected chi connectivity index (χ3v) is 12.6. The van der Waals surface area contributed by atoms with Gasteiger partial charge in [-0.15, -0.1) is 0 Å². The number of unbranched alkanes of at least 4 members (excludes halogenated alkanes) is 9. The molecular formula is C69H104O12. The van der Waals surface area contributed by atoms with Gasteiger partial charge < -0.3 is 39.0 Å². The Morgan fingerprint density at radius 1 is 0.407 bits per heavy atom. The average molecular weight is 1130 g/mol. The molecule has 0 saturated carbocycles. The molecule has 1 aliphatic rings. The van der Waals surface area contributed by atoms with E-state index in [0.717, 1.165) is 128 Å². The largest absolute Gasteiger partial charge is 0.479 e. The van der Waals surface area contributed by atoms with Crippen molar-refractivity contribution in [2.75, 3.05) is 13.2 Å². The Labute approximate surface area is 488 Å². The van der Waals surface area contributed by atoms with Gasteiger partial charge in [-0.05, 0) is 128 Å². The number of aliphatic hydroxyl groups is 2. The van der Waals surface area contributed by atoms with Gasteiger partial charge in [0, 0.05) is 19.3 Å². The SMILES string of the molecule is CC/C=C\C/C=C\C/C=C\C/C=C\C/C=C\CCCC(=O)OCC(COC1OC(C(=O)O)C(O)C(O)C1OC(=O)CCCCCCCCC/C=C\C/C=C\C/C=C\CC)OC(=O)CCC/C=C\C/C=C\C/C=C\C/C=C\C/C=C\CC. The summed E-state index contributed by atoms with van der Waals surface area (Å²) in [7, 11) is 0. The fourth-order valence-corrected chi connectivity index (χ4v) is 8.04. The molecule has 12 nitrogen and oxygen atoms in total. The number of ether oxygens (including phenoxy) is 5. The maximum atomic E-state index is 13.2. The van der Waals surface area contributed by atoms with E-state index in [2.05, 4.69) is 154 Å². The quantitative estimate of drug-likeness (QED) is 0.0228. The van der Waals surface area contributed by atoms with Gasteiger partial charge in [0.15, 0.2) is 24.6 Å². The molecule has 81 heavy (non-hydrogen) atoms. The lowest BCUT2D eigenvalue weighted by molar-refractivity contribution is -0.301. The van der Waals surface area contributed by atoms with Crippen LogP contribution in [-0.4, -0.2) is 89.2 Å². The topological polar surface area (TPSA) is 175 Å². The first-order valence-electron chi connectivity index (χ1n) is 30.5. The molecule has 0 spiro atoms. The lowest BCUT2D eigenvalue weighted by Gasteiger charge is -2.40. The van der Waals surface area contributed by atoms with E-state index in [-0.39, 0.29) is 25.9 Å². The van der Waals surface area contributed by atoms with Crippen LogP contribution in [0.5, 0.6) is 0 Å². The predicted octanol–water partition coefficient (Wildman–Crippen LogP) is 16.1. The Hall–Kier alpha value is -5.66. The second-order valence-corrected chi connectivity index (χ2v) is 19.8. The van der Waals surface area contributed by atoms with Crippen LogP contribution in [0.2, 0.25) is 0 Å². The van der Waals surface area contributed by atoms with E-state index in [1.165, 1.54) is 0 Å². The Morgan fingerprint density at radius 2 is 0.753 bits per heavy atom. The van der Waals surface area contributed by atoms with E-state index in [9.17, 15) is 34.5 Å². The van der Waals surface area contributed by atoms with Crippen molar-refractivity contribution in [2.45, 2.75) is 237 Å². The van der Waals surface area contributed by atoms with E-state index in [0.29, 0.717) is 32.1 Å². The molecule has 1 saturated heterocycles. The van der Waals surface area contributed by atoms with Gasteiger partial charge in [0.05, 0.1) is 6.61 Å². The van der Waals surface area contributed by atoms with Gasteiger partial charge in [-0.3, -0.25) is 14.4 Å². The molecule has 1 heterocycles. The fourth-order valence-electron chi connectivity index (χ4n) is 8.04. The van der Waals surface area contributed by atoms with Crippen molar-refractivity contribution < 1.29 is 58.2 Å². The van der Waals surface area contributed by atoms with Crippen LogP contribution in [0.25, 0.3) is 0 Å². The van der Waals surface area contributed by atoms with Gasteiger partial charge >= 0.3 is 23.9 Å². The molecule has 0 amide bonds. The number of hydrogen-bond donors (Lipinski definition) is 3. The summed E-state index contributed by atoms with van der Waals surface area (Å²) in [6.07, 6.45) is 67.9. The average Bonchev–Trinajstić information content (AvgIpc) is 3.53. The number of aliphatic hydroxyl groups excluding tert-OH is 2. The molecule has 6 unspecified atom stereocenters. The smallest absolute Gasteiger partial charge is 0.335 e. The molecule has 3 N–H and O–H groups in total. The monoisotopic (exact) mass is 1120 g/mol. The van der Waals surface area contributed by atoms with Crippen LogP contribution < -0.4 is 0 Å². The minimum absolute atomic E-state index is 0.0272. The van der Waals surface area contributed by atoms with Crippen LogP contribution in [0, 0.1) is 0 Å². The van der Waals surface area contributed by atoms with E-state index in [1.807, 2.05) is 24.3 Å². The predicted molar refractivity (Wildman–Crippen MR) is 330 cm³/mol. The number of carboxylic acids is 1. The third-order valence-electron chi connectivity index (χ3n) is 12.6. The van der Waals surface area contributed by atoms with E-state index >= 15 is 0 Å². The molecule has 452 valence electrons. The van der Waals surface area contributed by atoms with Crippen LogP contribution in [0.4, 0.5) is 0 Å². The highest BCUT2D eigenvalue weighted by Crippen LogP contribution is 2.26. The zero-order chi connectivity index (χ0) is 58.9. The van der Waals surface area contributed by atoms with Crippen molar-refractivity contribution in [1.29, 1.82) is 0 Å². The van der Waals surface area contributed by atoms with Gasteiger partial charge in [-0.2, -0.15) is 0 Å². The molecule has 1 rings (SSSR count). The summed E-state index contributed by atoms with van der Waals surface area (Å²) in [5.74, 6) is -3.32. The van der Waals surface area contributed by atoms with Crippen molar-refractivity contribution in [1.82, 2.24) is 0 Å². The molecule has 1 aliphatic heterocycles. The van der Waals surface area contributed by atoms with Crippen LogP contribution in [-0.2, 0) is 42.9 Å². The minimum atomic E-state index is -1.93. The highest BCUT2D eigenvalue weighted by molar-refractivity contribution is 5.74. The summed E-state index contributed by atoms with van der Waals surface area (Å²) in [6, 6.07) is 0. The van der Waals surface area contributed by atoms with Crippen molar-refractivity contribution in [3.05, 3.63) is 158 Å². The molecule has 0 radical (unpaired) electrons. The molecule has 0 aromatic heterocycles. The number of carbonyl (C=O) groups is 4. The normalized spacial score (nSPS) is 18.9. The Balaban J connectivity index is 2.78. The number of rotatable bonds is 49. The number of aliphatic carboxylic acids is 1. The van der Waals surface area contributed by atoms with Gasteiger partial charge in [0.1, 0.15) is 18.8 Å². The zero-order valence-electron chi connectivity index (χ0n) is 49.7. The van der Waals surface area contributed by atoms with Crippen molar-refractivity contribution in [2.24, 2.45) is 0 Å². The number of carbonyl (C=O) groups excluding carboxylic acids is 3. The molecule has 1 fully saturated rings. The first-order chi connectivity index (χ1) is 39.6. The summed E-state index contributed by atoms with van der Waals surface area (Å²) >= 11 is 0. The molecule has 0 aromatic carbocycles. The number of esters is 3. The summed E-state index contributed by atoms with van der Waals surface area (Å²) in [4.78, 5) is 51.2. The standard InChI is InChI=1S/C69H104O12/c1-4-7-10-13-16-19-22-25-28-31-34-37-40-43-46-49-52-55-61(70)77-58-60(79-62(71)56-53-50-47-44-41-38-35-32-29-26-23-20-17-14-11-8-5-2)59-78-69-67(65(74)64(73)66(81-69)68(75)76)80-63(72)57-54-51-48-45-42-39-36-33-30-27-24-21-18-15-12-9-6-3/h7-12,16-21,25-30,34-35,37-38,43-44,46-47,60,64-67,69,73-74H,4-6,13-15,22-24,31-33,36,39-42,45,48-59H2,1-3H3,(H,75,76)/b10-7-,11-8-,12-9-,19-16-,20-17-,21-18-,28-25-,29-26-,30-27-,37-34-,38-35-,46-43-,47-44-. The van der Waals surface area contributed by atoms with Crippen LogP contribution >= 0.6 is 0 Å². The Kier molecular flexibility index (Phi) is 49.7. The highest BCUT2D eigenvalue weighted by Gasteiger charge is 2.50. The number of carboxylic acid groups (broad SMARTS) is 1. The summed E-state index contributed by atoms with van der Waals surface area (Å²) in [5.41, 5.74) is 0. The van der Waals surface area contributed by atoms with Gasteiger partial charge in [-0.25, -0.2) is 4.79 Å². The Morgan fingerprint density at radius 3 is 1.16 bits per heavy atom. The molecule has 0 bridgehead atoms. The van der Waals surface area contributed by atoms with Crippen molar-refractivity contribution in [3.8, 4) is 0 Å². The van der Waals surface area contributed by atoms with Crippen LogP contribution in [0.15, 0.2) is 158 Å². The molecule has 6 atom stereocenters. The van der Waals surface area contributed by atoms with Gasteiger partial charge in [-0.1, -0.05) is 211 Å². The van der Waals surface area contributed by atoms with E-state index in [1.54, 1.807) is 0 Å². The first kappa shape index (κ1) is 73.4. The highest BCUT2D eigenvalue weighted by atomic mass is 16.7. The second kappa shape index (κ2) is 54.9. The van der Waals surface area contributed by atoms with Gasteiger partial charge in [0.25, 0.3) is 0 Å². The first-order valence-corrected chi connectivity index (χ1v) is 30.5. The van der Waals surface area contributed by atoms with E-state index in [4.69, 9.17) is 23.7 Å². The number of hydrogen-bond acceptors (Lipinski definition) is 11. The maximum absolute atomic E-state index is 13.2. The molecule has 12 heteroatoms. The lowest BCUT2D eigenvalue weighted by Crippen LogP contribution is -2.61. The van der Waals surface area contributed by atoms with Crippen LogP contribution in [0.1, 0.15) is 201 Å². The van der Waals surface area contributed by atoms with E-state index < -0.39 is 67.3 Å². The molecule has 0 aliphatic carbocycles. The third kappa shape index (κ3) is 44.7. The second-order valence-electron chi connectivity index (χ2n) is 19.8. The Bertz CT molecular complexity index is 2010. The van der Waals surface area contributed by atoms with Crippen molar-refractivity contribution in [3.63, 3.8) is 0 Å². The number of allylic oxidation sites excluding steroid dienone is 26. The maximum Gasteiger partial charge on any atom is 0.335 e. The fraction of sp³-hybridized carbons (Fsp3) is 0.565. The summed E-state index contributed by atoms with van der Waals surface area (Å²) < 4.78 is 28.3.